The van der Waals surface area contributed by atoms with Crippen LogP contribution in [0, 0.1) is 19.7 Å². The van der Waals surface area contributed by atoms with Crippen LogP contribution < -0.4 is 20.1 Å². The average Bonchev–Trinajstić information content (AvgIpc) is 3.21. The summed E-state index contributed by atoms with van der Waals surface area (Å²) in [6, 6.07) is 11.2. The topological polar surface area (TPSA) is 77.4 Å². The van der Waals surface area contributed by atoms with Crippen molar-refractivity contribution in [1.82, 2.24) is 9.78 Å². The molecule has 1 aliphatic rings. The number of amides is 2. The number of ether oxygens (including phenoxy) is 2. The van der Waals surface area contributed by atoms with E-state index in [4.69, 9.17) is 9.47 Å². The Kier molecular flexibility index (Phi) is 4.60. The number of halogens is 1. The second kappa shape index (κ2) is 7.22. The van der Waals surface area contributed by atoms with Gasteiger partial charge < -0.3 is 20.1 Å². The van der Waals surface area contributed by atoms with Gasteiger partial charge in [-0.25, -0.2) is 9.18 Å². The molecular formula is C20H19FN4O3. The Hall–Kier alpha value is -3.55. The van der Waals surface area contributed by atoms with Crippen LogP contribution in [0.25, 0.3) is 0 Å². The summed E-state index contributed by atoms with van der Waals surface area (Å²) in [6.07, 6.45) is 0. The first-order valence-corrected chi connectivity index (χ1v) is 8.76. The fourth-order valence-corrected chi connectivity index (χ4v) is 3.09. The van der Waals surface area contributed by atoms with Crippen LogP contribution in [0.2, 0.25) is 0 Å². The maximum Gasteiger partial charge on any atom is 0.323 e. The van der Waals surface area contributed by atoms with Crippen LogP contribution >= 0.6 is 0 Å². The smallest absolute Gasteiger partial charge is 0.323 e. The number of hydrogen-bond donors (Lipinski definition) is 2. The molecule has 0 radical (unpaired) electrons. The first-order valence-electron chi connectivity index (χ1n) is 8.76. The molecule has 1 aliphatic heterocycles. The highest BCUT2D eigenvalue weighted by atomic mass is 19.1. The van der Waals surface area contributed by atoms with E-state index in [0.717, 1.165) is 11.3 Å². The van der Waals surface area contributed by atoms with Gasteiger partial charge in [0.1, 0.15) is 5.82 Å². The molecular weight excluding hydrogens is 363 g/mol. The zero-order chi connectivity index (χ0) is 19.7. The van der Waals surface area contributed by atoms with Gasteiger partial charge in [0.05, 0.1) is 23.6 Å². The maximum absolute atomic E-state index is 13.4. The Bertz CT molecular complexity index is 1050. The van der Waals surface area contributed by atoms with Gasteiger partial charge in [-0.15, -0.1) is 0 Å². The number of carbonyl (C=O) groups excluding carboxylic acids is 1. The van der Waals surface area contributed by atoms with E-state index in [1.807, 2.05) is 19.9 Å². The van der Waals surface area contributed by atoms with E-state index in [-0.39, 0.29) is 12.6 Å². The summed E-state index contributed by atoms with van der Waals surface area (Å²) >= 11 is 0. The van der Waals surface area contributed by atoms with Crippen molar-refractivity contribution >= 4 is 17.4 Å². The molecule has 0 saturated carbocycles. The second-order valence-electron chi connectivity index (χ2n) is 6.48. The molecule has 0 unspecified atom stereocenters. The molecule has 0 bridgehead atoms. The molecule has 3 aromatic rings. The quantitative estimate of drug-likeness (QED) is 0.713. The van der Waals surface area contributed by atoms with Crippen molar-refractivity contribution in [3.05, 3.63) is 65.2 Å². The van der Waals surface area contributed by atoms with Crippen LogP contribution in [0.3, 0.4) is 0 Å². The number of aromatic nitrogens is 2. The van der Waals surface area contributed by atoms with E-state index >= 15 is 0 Å². The summed E-state index contributed by atoms with van der Waals surface area (Å²) in [6.45, 7) is 4.25. The fourth-order valence-electron chi connectivity index (χ4n) is 3.09. The molecule has 28 heavy (non-hydrogen) atoms. The van der Waals surface area contributed by atoms with E-state index in [2.05, 4.69) is 15.7 Å². The zero-order valence-electron chi connectivity index (χ0n) is 15.5. The number of benzene rings is 2. The molecule has 2 heterocycles. The molecule has 8 heteroatoms. The van der Waals surface area contributed by atoms with Crippen LogP contribution in [0.15, 0.2) is 42.5 Å². The van der Waals surface area contributed by atoms with E-state index in [9.17, 15) is 9.18 Å². The van der Waals surface area contributed by atoms with Gasteiger partial charge in [0.2, 0.25) is 6.79 Å². The predicted octanol–water partition coefficient (Wildman–Crippen LogP) is 4.06. The van der Waals surface area contributed by atoms with E-state index < -0.39 is 6.03 Å². The highest BCUT2D eigenvalue weighted by molar-refractivity contribution is 6.00. The highest BCUT2D eigenvalue weighted by Crippen LogP contribution is 2.34. The first kappa shape index (κ1) is 17.8. The predicted molar refractivity (Wildman–Crippen MR) is 102 cm³/mol. The summed E-state index contributed by atoms with van der Waals surface area (Å²) in [5.41, 5.74) is 3.46. The lowest BCUT2D eigenvalue weighted by molar-refractivity contribution is 0.174. The van der Waals surface area contributed by atoms with Crippen LogP contribution in [0.5, 0.6) is 11.5 Å². The molecule has 144 valence electrons. The van der Waals surface area contributed by atoms with Gasteiger partial charge in [-0.1, -0.05) is 12.1 Å². The highest BCUT2D eigenvalue weighted by Gasteiger charge is 2.17. The van der Waals surface area contributed by atoms with Gasteiger partial charge in [-0.05, 0) is 43.7 Å². The van der Waals surface area contributed by atoms with Crippen LogP contribution in [0.4, 0.5) is 20.6 Å². The molecule has 4 rings (SSSR count). The largest absolute Gasteiger partial charge is 0.454 e. The van der Waals surface area contributed by atoms with Crippen LogP contribution in [0.1, 0.15) is 17.0 Å². The van der Waals surface area contributed by atoms with Crippen molar-refractivity contribution in [3.63, 3.8) is 0 Å². The number of rotatable bonds is 4. The van der Waals surface area contributed by atoms with Gasteiger partial charge in [-0.2, -0.15) is 5.10 Å². The average molecular weight is 382 g/mol. The molecule has 0 atom stereocenters. The Morgan fingerprint density at radius 1 is 1.14 bits per heavy atom. The monoisotopic (exact) mass is 382 g/mol. The molecule has 0 spiro atoms. The minimum atomic E-state index is -0.393. The van der Waals surface area contributed by atoms with Crippen LogP contribution in [-0.4, -0.2) is 22.6 Å². The standard InChI is InChI=1S/C20H19FN4O3/c1-12-19(13(2)25(24-12)10-14-4-3-5-15(21)8-14)23-20(26)22-16-6-7-17-18(9-16)28-11-27-17/h3-9H,10-11H2,1-2H3,(H2,22,23,26). The second-order valence-corrected chi connectivity index (χ2v) is 6.48. The number of nitrogens with one attached hydrogen (secondary N) is 2. The third-order valence-electron chi connectivity index (χ3n) is 4.47. The Balaban J connectivity index is 1.47. The molecule has 0 aliphatic carbocycles. The van der Waals surface area contributed by atoms with Crippen molar-refractivity contribution < 1.29 is 18.7 Å². The molecule has 7 nitrogen and oxygen atoms in total. The molecule has 0 fully saturated rings. The number of anilines is 2. The van der Waals surface area contributed by atoms with Crippen molar-refractivity contribution in [1.29, 1.82) is 0 Å². The zero-order valence-corrected chi connectivity index (χ0v) is 15.5. The molecule has 0 saturated heterocycles. The number of aryl methyl sites for hydroxylation is 1. The Labute approximate surface area is 161 Å². The van der Waals surface area contributed by atoms with Crippen molar-refractivity contribution in [2.45, 2.75) is 20.4 Å². The van der Waals surface area contributed by atoms with Gasteiger partial charge in [0.25, 0.3) is 0 Å². The molecule has 2 aromatic carbocycles. The number of hydrogen-bond acceptors (Lipinski definition) is 4. The summed E-state index contributed by atoms with van der Waals surface area (Å²) in [7, 11) is 0. The lowest BCUT2D eigenvalue weighted by Gasteiger charge is -2.09. The number of nitrogens with zero attached hydrogens (tertiary/aromatic N) is 2. The van der Waals surface area contributed by atoms with Gasteiger partial charge >= 0.3 is 6.03 Å². The SMILES string of the molecule is Cc1nn(Cc2cccc(F)c2)c(C)c1NC(=O)Nc1ccc2c(c1)OCO2. The number of carbonyl (C=O) groups is 1. The molecule has 1 aromatic heterocycles. The first-order chi connectivity index (χ1) is 13.5. The maximum atomic E-state index is 13.4. The van der Waals surface area contributed by atoms with Crippen molar-refractivity contribution in [2.75, 3.05) is 17.4 Å². The van der Waals surface area contributed by atoms with E-state index in [0.29, 0.717) is 35.1 Å². The third-order valence-corrected chi connectivity index (χ3v) is 4.47. The van der Waals surface area contributed by atoms with Crippen molar-refractivity contribution in [3.8, 4) is 11.5 Å². The van der Waals surface area contributed by atoms with Gasteiger partial charge in [0.15, 0.2) is 11.5 Å². The minimum Gasteiger partial charge on any atom is -0.454 e. The van der Waals surface area contributed by atoms with Crippen molar-refractivity contribution in [2.24, 2.45) is 0 Å². The summed E-state index contributed by atoms with van der Waals surface area (Å²) in [5, 5.41) is 10.1. The number of fused-ring (bicyclic) bond motifs is 1. The summed E-state index contributed by atoms with van der Waals surface area (Å²) < 4.78 is 25.7. The fraction of sp³-hybridized carbons (Fsp3) is 0.200. The summed E-state index contributed by atoms with van der Waals surface area (Å²) in [5.74, 6) is 0.949. The molecule has 2 N–H and O–H groups in total. The summed E-state index contributed by atoms with van der Waals surface area (Å²) in [4.78, 5) is 12.4. The lowest BCUT2D eigenvalue weighted by atomic mass is 10.2. The van der Waals surface area contributed by atoms with E-state index in [1.165, 1.54) is 12.1 Å². The molecule has 2 amide bonds. The normalized spacial score (nSPS) is 12.1. The lowest BCUT2D eigenvalue weighted by Crippen LogP contribution is -2.20. The third kappa shape index (κ3) is 3.62. The van der Waals surface area contributed by atoms with Crippen LogP contribution in [-0.2, 0) is 6.54 Å². The Morgan fingerprint density at radius 3 is 2.79 bits per heavy atom. The number of urea groups is 1. The van der Waals surface area contributed by atoms with E-state index in [1.54, 1.807) is 28.9 Å². The Morgan fingerprint density at radius 2 is 1.96 bits per heavy atom. The minimum absolute atomic E-state index is 0.174. The van der Waals surface area contributed by atoms with Gasteiger partial charge in [0, 0.05) is 11.8 Å². The van der Waals surface area contributed by atoms with Gasteiger partial charge in [-0.3, -0.25) is 4.68 Å².